The molecule has 0 fully saturated rings. The molecular formula is C21H20BrN3O. The molecule has 1 amide bonds. The van der Waals surface area contributed by atoms with Crippen LogP contribution in [0.1, 0.15) is 23.4 Å². The second-order valence-electron chi connectivity index (χ2n) is 6.62. The zero-order valence-electron chi connectivity index (χ0n) is 14.4. The fourth-order valence-electron chi connectivity index (χ4n) is 3.29. The Labute approximate surface area is 161 Å². The lowest BCUT2D eigenvalue weighted by Gasteiger charge is -2.07. The van der Waals surface area contributed by atoms with E-state index in [4.69, 9.17) is 4.98 Å². The van der Waals surface area contributed by atoms with Gasteiger partial charge in [0.1, 0.15) is 5.82 Å². The molecular weight excluding hydrogens is 390 g/mol. The smallest absolute Gasteiger partial charge is 0.224 e. The van der Waals surface area contributed by atoms with Crippen molar-refractivity contribution in [1.82, 2.24) is 14.9 Å². The van der Waals surface area contributed by atoms with Crippen molar-refractivity contribution < 1.29 is 4.79 Å². The summed E-state index contributed by atoms with van der Waals surface area (Å²) in [5.41, 5.74) is 4.21. The van der Waals surface area contributed by atoms with E-state index in [1.807, 2.05) is 36.4 Å². The summed E-state index contributed by atoms with van der Waals surface area (Å²) in [7, 11) is 0. The number of nitrogens with one attached hydrogen (secondary N) is 1. The third-order valence-electron chi connectivity index (χ3n) is 4.65. The van der Waals surface area contributed by atoms with Gasteiger partial charge in [-0.1, -0.05) is 46.3 Å². The number of carbonyl (C=O) groups is 1. The number of carbonyl (C=O) groups excluding carboxylic acids is 1. The average Bonchev–Trinajstić information content (AvgIpc) is 3.24. The molecule has 0 saturated heterocycles. The van der Waals surface area contributed by atoms with Gasteiger partial charge in [-0.25, -0.2) is 4.98 Å². The molecule has 1 aromatic heterocycles. The zero-order valence-corrected chi connectivity index (χ0v) is 16.0. The molecule has 132 valence electrons. The molecule has 4 nitrogen and oxygen atoms in total. The lowest BCUT2D eigenvalue weighted by atomic mass is 10.1. The van der Waals surface area contributed by atoms with Crippen molar-refractivity contribution in [2.24, 2.45) is 0 Å². The quantitative estimate of drug-likeness (QED) is 0.688. The topological polar surface area (TPSA) is 46.9 Å². The van der Waals surface area contributed by atoms with Gasteiger partial charge in [-0.3, -0.25) is 4.79 Å². The standard InChI is InChI=1S/C21H20BrN3O/c22-18-8-6-15(7-9-18)12-21(26)23-13-16-3-1-4-17(11-16)19-14-25-10-2-5-20(25)24-19/h1,3-4,6-9,11,14H,2,5,10,12-13H2,(H,23,26). The Morgan fingerprint density at radius 3 is 2.81 bits per heavy atom. The second kappa shape index (κ2) is 7.46. The summed E-state index contributed by atoms with van der Waals surface area (Å²) in [6.45, 7) is 1.59. The van der Waals surface area contributed by atoms with E-state index in [-0.39, 0.29) is 5.91 Å². The van der Waals surface area contributed by atoms with E-state index < -0.39 is 0 Å². The van der Waals surface area contributed by atoms with Gasteiger partial charge in [0.2, 0.25) is 5.91 Å². The maximum atomic E-state index is 12.2. The lowest BCUT2D eigenvalue weighted by Crippen LogP contribution is -2.24. The van der Waals surface area contributed by atoms with Crippen LogP contribution in [0.3, 0.4) is 0 Å². The number of aryl methyl sites for hydroxylation is 2. The first-order valence-corrected chi connectivity index (χ1v) is 9.63. The van der Waals surface area contributed by atoms with E-state index in [1.54, 1.807) is 0 Å². The molecule has 0 aliphatic carbocycles. The highest BCUT2D eigenvalue weighted by Crippen LogP contribution is 2.23. The first-order valence-electron chi connectivity index (χ1n) is 8.84. The minimum absolute atomic E-state index is 0.0266. The number of amides is 1. The van der Waals surface area contributed by atoms with Crippen molar-refractivity contribution in [3.8, 4) is 11.3 Å². The minimum Gasteiger partial charge on any atom is -0.352 e. The van der Waals surface area contributed by atoms with Crippen molar-refractivity contribution in [2.45, 2.75) is 32.4 Å². The number of halogens is 1. The number of aromatic nitrogens is 2. The molecule has 26 heavy (non-hydrogen) atoms. The molecule has 0 unspecified atom stereocenters. The molecule has 0 spiro atoms. The molecule has 2 heterocycles. The Hall–Kier alpha value is -2.40. The summed E-state index contributed by atoms with van der Waals surface area (Å²) in [4.78, 5) is 16.9. The molecule has 1 N–H and O–H groups in total. The maximum absolute atomic E-state index is 12.2. The van der Waals surface area contributed by atoms with Crippen molar-refractivity contribution in [3.05, 3.63) is 76.2 Å². The Balaban J connectivity index is 1.39. The van der Waals surface area contributed by atoms with Gasteiger partial charge in [0.15, 0.2) is 0 Å². The maximum Gasteiger partial charge on any atom is 0.224 e. The summed E-state index contributed by atoms with van der Waals surface area (Å²) in [5, 5.41) is 3.00. The van der Waals surface area contributed by atoms with Crippen molar-refractivity contribution in [2.75, 3.05) is 0 Å². The fourth-order valence-corrected chi connectivity index (χ4v) is 3.55. The number of rotatable bonds is 5. The summed E-state index contributed by atoms with van der Waals surface area (Å²) >= 11 is 3.41. The number of nitrogens with zero attached hydrogens (tertiary/aromatic N) is 2. The first kappa shape index (κ1) is 17.0. The van der Waals surface area contributed by atoms with Crippen LogP contribution in [-0.2, 0) is 30.7 Å². The van der Waals surface area contributed by atoms with E-state index in [0.29, 0.717) is 13.0 Å². The molecule has 4 rings (SSSR count). The Kier molecular flexibility index (Phi) is 4.89. The molecule has 0 radical (unpaired) electrons. The predicted octanol–water partition coefficient (Wildman–Crippen LogP) is 4.12. The van der Waals surface area contributed by atoms with Crippen LogP contribution in [0.15, 0.2) is 59.2 Å². The van der Waals surface area contributed by atoms with Gasteiger partial charge in [-0.05, 0) is 35.7 Å². The van der Waals surface area contributed by atoms with E-state index >= 15 is 0 Å². The normalized spacial score (nSPS) is 12.8. The SMILES string of the molecule is O=C(Cc1ccc(Br)cc1)NCc1cccc(-c2cn3c(n2)CCC3)c1. The molecule has 1 aliphatic heterocycles. The third-order valence-corrected chi connectivity index (χ3v) is 5.18. The summed E-state index contributed by atoms with van der Waals surface area (Å²) in [5.74, 6) is 1.20. The third kappa shape index (κ3) is 3.88. The van der Waals surface area contributed by atoms with Crippen LogP contribution < -0.4 is 5.32 Å². The van der Waals surface area contributed by atoms with Crippen LogP contribution in [0.25, 0.3) is 11.3 Å². The van der Waals surface area contributed by atoms with Gasteiger partial charge in [-0.15, -0.1) is 0 Å². The second-order valence-corrected chi connectivity index (χ2v) is 7.54. The number of fused-ring (bicyclic) bond motifs is 1. The minimum atomic E-state index is 0.0266. The Morgan fingerprint density at radius 2 is 2.00 bits per heavy atom. The van der Waals surface area contributed by atoms with Crippen molar-refractivity contribution in [3.63, 3.8) is 0 Å². The number of hydrogen-bond donors (Lipinski definition) is 1. The molecule has 0 atom stereocenters. The molecule has 2 aromatic carbocycles. The van der Waals surface area contributed by atoms with Crippen LogP contribution >= 0.6 is 15.9 Å². The first-order chi connectivity index (χ1) is 12.7. The van der Waals surface area contributed by atoms with E-state index in [0.717, 1.165) is 39.8 Å². The molecule has 0 saturated carbocycles. The highest BCUT2D eigenvalue weighted by Gasteiger charge is 2.14. The van der Waals surface area contributed by atoms with Crippen LogP contribution in [0.5, 0.6) is 0 Å². The van der Waals surface area contributed by atoms with Crippen LogP contribution in [0.2, 0.25) is 0 Å². The van der Waals surface area contributed by atoms with Gasteiger partial charge < -0.3 is 9.88 Å². The Morgan fingerprint density at radius 1 is 1.15 bits per heavy atom. The van der Waals surface area contributed by atoms with Gasteiger partial charge in [0.25, 0.3) is 0 Å². The highest BCUT2D eigenvalue weighted by molar-refractivity contribution is 9.10. The largest absolute Gasteiger partial charge is 0.352 e. The van der Waals surface area contributed by atoms with E-state index in [1.165, 1.54) is 12.2 Å². The van der Waals surface area contributed by atoms with Crippen LogP contribution in [0.4, 0.5) is 0 Å². The lowest BCUT2D eigenvalue weighted by molar-refractivity contribution is -0.120. The van der Waals surface area contributed by atoms with Crippen LogP contribution in [0, 0.1) is 0 Å². The van der Waals surface area contributed by atoms with E-state index in [2.05, 4.69) is 44.1 Å². The summed E-state index contributed by atoms with van der Waals surface area (Å²) < 4.78 is 3.26. The zero-order chi connectivity index (χ0) is 17.9. The number of hydrogen-bond acceptors (Lipinski definition) is 2. The number of imidazole rings is 1. The predicted molar refractivity (Wildman–Crippen MR) is 106 cm³/mol. The van der Waals surface area contributed by atoms with Crippen LogP contribution in [-0.4, -0.2) is 15.5 Å². The van der Waals surface area contributed by atoms with Gasteiger partial charge >= 0.3 is 0 Å². The van der Waals surface area contributed by atoms with Gasteiger partial charge in [0.05, 0.1) is 12.1 Å². The summed E-state index contributed by atoms with van der Waals surface area (Å²) in [6.07, 6.45) is 4.77. The number of benzene rings is 2. The highest BCUT2D eigenvalue weighted by atomic mass is 79.9. The molecule has 5 heteroatoms. The monoisotopic (exact) mass is 409 g/mol. The van der Waals surface area contributed by atoms with Crippen molar-refractivity contribution >= 4 is 21.8 Å². The summed E-state index contributed by atoms with van der Waals surface area (Å²) in [6, 6.07) is 16.1. The van der Waals surface area contributed by atoms with Gasteiger partial charge in [0, 0.05) is 35.7 Å². The fraction of sp³-hybridized carbons (Fsp3) is 0.238. The average molecular weight is 410 g/mol. The molecule has 3 aromatic rings. The van der Waals surface area contributed by atoms with Crippen molar-refractivity contribution in [1.29, 1.82) is 0 Å². The molecule has 1 aliphatic rings. The Bertz CT molecular complexity index is 909. The van der Waals surface area contributed by atoms with E-state index in [9.17, 15) is 4.79 Å². The molecule has 0 bridgehead atoms. The van der Waals surface area contributed by atoms with Gasteiger partial charge in [-0.2, -0.15) is 0 Å².